The quantitative estimate of drug-likeness (QED) is 0.750. The number of fused-ring (bicyclic) bond motifs is 1. The van der Waals surface area contributed by atoms with Gasteiger partial charge in [0.2, 0.25) is 0 Å². The molecule has 0 bridgehead atoms. The molecule has 0 aliphatic carbocycles. The Kier molecular flexibility index (Phi) is 5.92. The van der Waals surface area contributed by atoms with Crippen LogP contribution < -0.4 is 5.32 Å². The molecule has 0 aliphatic heterocycles. The fourth-order valence-corrected chi connectivity index (χ4v) is 2.15. The number of hydrogen-bond acceptors (Lipinski definition) is 4. The van der Waals surface area contributed by atoms with Gasteiger partial charge in [-0.05, 0) is 24.6 Å². The van der Waals surface area contributed by atoms with Crippen molar-refractivity contribution in [3.63, 3.8) is 0 Å². The van der Waals surface area contributed by atoms with E-state index in [-0.39, 0.29) is 0 Å². The number of methoxy groups -OCH3 is 1. The molecule has 4 heteroatoms. The zero-order valence-corrected chi connectivity index (χ0v) is 12.2. The lowest BCUT2D eigenvalue weighted by Gasteiger charge is -2.09. The third-order valence-electron chi connectivity index (χ3n) is 3.10. The van der Waals surface area contributed by atoms with Crippen molar-refractivity contribution in [1.29, 1.82) is 0 Å². The number of nitrogens with one attached hydrogen (secondary N) is 1. The van der Waals surface area contributed by atoms with Gasteiger partial charge >= 0.3 is 0 Å². The number of nitrogens with zero attached hydrogens (tertiary/aromatic N) is 1. The minimum atomic E-state index is 0.647. The molecule has 1 aromatic carbocycles. The molecule has 4 nitrogen and oxygen atoms in total. The lowest BCUT2D eigenvalue weighted by Crippen LogP contribution is -2.20. The Balaban J connectivity index is 1.86. The number of benzene rings is 1. The smallest absolute Gasteiger partial charge is 0.0708 e. The van der Waals surface area contributed by atoms with Crippen LogP contribution in [0.3, 0.4) is 0 Å². The summed E-state index contributed by atoms with van der Waals surface area (Å²) in [5, 5.41) is 4.62. The highest BCUT2D eigenvalue weighted by Crippen LogP contribution is 2.17. The molecule has 108 valence electrons. The highest BCUT2D eigenvalue weighted by atomic mass is 16.5. The third-order valence-corrected chi connectivity index (χ3v) is 3.10. The van der Waals surface area contributed by atoms with Gasteiger partial charge in [0.25, 0.3) is 0 Å². The maximum atomic E-state index is 5.42. The number of pyridine rings is 1. The first-order chi connectivity index (χ1) is 9.81. The number of aromatic nitrogens is 1. The van der Waals surface area contributed by atoms with E-state index in [1.54, 1.807) is 7.11 Å². The van der Waals surface area contributed by atoms with Crippen molar-refractivity contribution in [1.82, 2.24) is 10.3 Å². The van der Waals surface area contributed by atoms with E-state index in [0.717, 1.165) is 24.3 Å². The summed E-state index contributed by atoms with van der Waals surface area (Å²) >= 11 is 0. The van der Waals surface area contributed by atoms with E-state index in [4.69, 9.17) is 9.47 Å². The number of aryl methyl sites for hydroxylation is 1. The van der Waals surface area contributed by atoms with Crippen molar-refractivity contribution < 1.29 is 9.47 Å². The van der Waals surface area contributed by atoms with Gasteiger partial charge in [0.1, 0.15) is 0 Å². The van der Waals surface area contributed by atoms with Crippen LogP contribution in [0.2, 0.25) is 0 Å². The summed E-state index contributed by atoms with van der Waals surface area (Å²) in [7, 11) is 1.68. The van der Waals surface area contributed by atoms with Crippen LogP contribution in [-0.4, -0.2) is 38.5 Å². The van der Waals surface area contributed by atoms with E-state index >= 15 is 0 Å². The highest BCUT2D eigenvalue weighted by molar-refractivity contribution is 5.82. The summed E-state index contributed by atoms with van der Waals surface area (Å²) < 4.78 is 10.4. The molecule has 0 spiro atoms. The fourth-order valence-electron chi connectivity index (χ4n) is 2.15. The number of rotatable bonds is 8. The van der Waals surface area contributed by atoms with E-state index in [0.29, 0.717) is 19.8 Å². The second-order valence-corrected chi connectivity index (χ2v) is 4.72. The predicted octanol–water partition coefficient (Wildman–Crippen LogP) is 2.30. The zero-order valence-electron chi connectivity index (χ0n) is 12.2. The third kappa shape index (κ3) is 4.27. The van der Waals surface area contributed by atoms with E-state index in [9.17, 15) is 0 Å². The largest absolute Gasteiger partial charge is 0.382 e. The molecule has 0 aliphatic rings. The number of ether oxygens (including phenoxy) is 2. The summed E-state index contributed by atoms with van der Waals surface area (Å²) in [6, 6.07) is 10.4. The predicted molar refractivity (Wildman–Crippen MR) is 80.9 cm³/mol. The van der Waals surface area contributed by atoms with E-state index in [2.05, 4.69) is 34.6 Å². The van der Waals surface area contributed by atoms with Gasteiger partial charge in [-0.2, -0.15) is 0 Å². The highest BCUT2D eigenvalue weighted by Gasteiger charge is 2.02. The summed E-state index contributed by atoms with van der Waals surface area (Å²) in [6.45, 7) is 5.69. The molecule has 0 saturated carbocycles. The van der Waals surface area contributed by atoms with Crippen molar-refractivity contribution >= 4 is 10.9 Å². The second kappa shape index (κ2) is 7.94. The lowest BCUT2D eigenvalue weighted by atomic mass is 10.1. The first-order valence-corrected chi connectivity index (χ1v) is 6.94. The van der Waals surface area contributed by atoms with Gasteiger partial charge in [0.05, 0.1) is 25.3 Å². The van der Waals surface area contributed by atoms with Gasteiger partial charge in [0, 0.05) is 31.3 Å². The molecular weight excluding hydrogens is 252 g/mol. The Bertz CT molecular complexity index is 543. The van der Waals surface area contributed by atoms with Crippen molar-refractivity contribution in [3.05, 3.63) is 41.6 Å². The van der Waals surface area contributed by atoms with Gasteiger partial charge in [-0.1, -0.05) is 18.2 Å². The van der Waals surface area contributed by atoms with E-state index in [1.165, 1.54) is 10.9 Å². The average molecular weight is 274 g/mol. The Labute approximate surface area is 120 Å². The normalized spacial score (nSPS) is 11.1. The maximum Gasteiger partial charge on any atom is 0.0708 e. The Morgan fingerprint density at radius 2 is 2.00 bits per heavy atom. The van der Waals surface area contributed by atoms with Gasteiger partial charge in [-0.15, -0.1) is 0 Å². The van der Waals surface area contributed by atoms with Crippen LogP contribution in [0.4, 0.5) is 0 Å². The summed E-state index contributed by atoms with van der Waals surface area (Å²) in [5.74, 6) is 0. The Hall–Kier alpha value is -1.49. The van der Waals surface area contributed by atoms with Crippen molar-refractivity contribution in [2.45, 2.75) is 13.5 Å². The second-order valence-electron chi connectivity index (χ2n) is 4.72. The topological polar surface area (TPSA) is 43.4 Å². The first kappa shape index (κ1) is 14.9. The van der Waals surface area contributed by atoms with Crippen LogP contribution in [0.15, 0.2) is 30.3 Å². The lowest BCUT2D eigenvalue weighted by molar-refractivity contribution is 0.0719. The molecule has 2 aromatic rings. The molecular formula is C16H22N2O2. The molecule has 2 rings (SSSR count). The van der Waals surface area contributed by atoms with Crippen molar-refractivity contribution in [2.24, 2.45) is 0 Å². The van der Waals surface area contributed by atoms with Gasteiger partial charge in [-0.3, -0.25) is 4.98 Å². The molecule has 0 amide bonds. The Morgan fingerprint density at radius 3 is 2.85 bits per heavy atom. The van der Waals surface area contributed by atoms with Crippen LogP contribution in [0.25, 0.3) is 10.9 Å². The van der Waals surface area contributed by atoms with Crippen LogP contribution in [0.1, 0.15) is 11.3 Å². The summed E-state index contributed by atoms with van der Waals surface area (Å²) in [5.41, 5.74) is 3.39. The molecule has 0 saturated heterocycles. The van der Waals surface area contributed by atoms with Gasteiger partial charge in [-0.25, -0.2) is 0 Å². The molecule has 0 fully saturated rings. The van der Waals surface area contributed by atoms with E-state index < -0.39 is 0 Å². The van der Waals surface area contributed by atoms with E-state index in [1.807, 2.05) is 13.0 Å². The van der Waals surface area contributed by atoms with Crippen LogP contribution >= 0.6 is 0 Å². The fraction of sp³-hybridized carbons (Fsp3) is 0.438. The maximum absolute atomic E-state index is 5.42. The molecule has 20 heavy (non-hydrogen) atoms. The van der Waals surface area contributed by atoms with Gasteiger partial charge in [0.15, 0.2) is 0 Å². The average Bonchev–Trinajstić information content (AvgIpc) is 2.46. The minimum absolute atomic E-state index is 0.647. The monoisotopic (exact) mass is 274 g/mol. The molecule has 1 N–H and O–H groups in total. The number of hydrogen-bond donors (Lipinski definition) is 1. The number of para-hydroxylation sites is 1. The molecule has 1 heterocycles. The SMILES string of the molecule is COCCOCCNCc1cc(C)nc2ccccc12. The minimum Gasteiger partial charge on any atom is -0.382 e. The molecule has 0 atom stereocenters. The first-order valence-electron chi connectivity index (χ1n) is 6.94. The van der Waals surface area contributed by atoms with Crippen molar-refractivity contribution in [3.8, 4) is 0 Å². The summed E-state index contributed by atoms with van der Waals surface area (Å²) in [4.78, 5) is 4.55. The molecule has 1 aromatic heterocycles. The van der Waals surface area contributed by atoms with Gasteiger partial charge < -0.3 is 14.8 Å². The van der Waals surface area contributed by atoms with Crippen LogP contribution in [0.5, 0.6) is 0 Å². The molecule has 0 radical (unpaired) electrons. The zero-order chi connectivity index (χ0) is 14.2. The summed E-state index contributed by atoms with van der Waals surface area (Å²) in [6.07, 6.45) is 0. The standard InChI is InChI=1S/C16H22N2O2/c1-13-11-14(12-17-7-8-20-10-9-19-2)15-5-3-4-6-16(15)18-13/h3-6,11,17H,7-10,12H2,1-2H3. The molecule has 0 unspecified atom stereocenters. The van der Waals surface area contributed by atoms with Crippen molar-refractivity contribution in [2.75, 3.05) is 33.5 Å². The van der Waals surface area contributed by atoms with Crippen LogP contribution in [0, 0.1) is 6.92 Å². The Morgan fingerprint density at radius 1 is 1.15 bits per heavy atom. The van der Waals surface area contributed by atoms with Crippen LogP contribution in [-0.2, 0) is 16.0 Å².